The van der Waals surface area contributed by atoms with Crippen LogP contribution in [0.15, 0.2) is 42.5 Å². The van der Waals surface area contributed by atoms with Crippen molar-refractivity contribution in [2.75, 3.05) is 25.1 Å². The second kappa shape index (κ2) is 7.68. The molecule has 7 nitrogen and oxygen atoms in total. The molecule has 160 valence electrons. The van der Waals surface area contributed by atoms with Crippen molar-refractivity contribution in [3.05, 3.63) is 54.1 Å². The van der Waals surface area contributed by atoms with Gasteiger partial charge in [0, 0.05) is 19.5 Å². The number of ether oxygens (including phenoxy) is 1. The quantitative estimate of drug-likeness (QED) is 0.699. The molecule has 31 heavy (non-hydrogen) atoms. The molecular weight excluding hydrogens is 399 g/mol. The predicted octanol–water partition coefficient (Wildman–Crippen LogP) is 3.43. The predicted molar refractivity (Wildman–Crippen MR) is 113 cm³/mol. The minimum atomic E-state index is -0.417. The molecule has 3 aromatic rings. The number of imidazole rings is 1. The highest BCUT2D eigenvalue weighted by Crippen LogP contribution is 2.37. The standard InChI is InChI=1S/C23H23FN4O3/c1-31-20-7-3-2-5-18(20)28-13-14(11-21(28)29)23(30)27-10-4-6-19(27)22-25-16-9-8-15(24)12-17(16)26-22/h2-3,5,7-9,12,14,19H,4,6,10-11,13H2,1H3,(H,25,26). The molecule has 2 fully saturated rings. The maximum Gasteiger partial charge on any atom is 0.228 e. The van der Waals surface area contributed by atoms with Gasteiger partial charge < -0.3 is 19.5 Å². The molecule has 0 spiro atoms. The van der Waals surface area contributed by atoms with Gasteiger partial charge in [-0.25, -0.2) is 9.37 Å². The zero-order valence-corrected chi connectivity index (χ0v) is 17.2. The highest BCUT2D eigenvalue weighted by molar-refractivity contribution is 6.01. The van der Waals surface area contributed by atoms with Crippen LogP contribution in [0.3, 0.4) is 0 Å². The Morgan fingerprint density at radius 3 is 2.94 bits per heavy atom. The normalized spacial score (nSPS) is 21.3. The molecule has 1 N–H and O–H groups in total. The largest absolute Gasteiger partial charge is 0.495 e. The molecule has 2 aliphatic heterocycles. The molecule has 2 aliphatic rings. The minimum absolute atomic E-state index is 0.0418. The Labute approximate surface area is 178 Å². The van der Waals surface area contributed by atoms with Crippen molar-refractivity contribution in [3.8, 4) is 5.75 Å². The number of halogens is 1. The van der Waals surface area contributed by atoms with Crippen molar-refractivity contribution < 1.29 is 18.7 Å². The summed E-state index contributed by atoms with van der Waals surface area (Å²) < 4.78 is 18.9. The highest BCUT2D eigenvalue weighted by Gasteiger charge is 2.41. The number of benzene rings is 2. The van der Waals surface area contributed by atoms with Crippen LogP contribution in [0.1, 0.15) is 31.1 Å². The van der Waals surface area contributed by atoms with Gasteiger partial charge in [0.2, 0.25) is 11.8 Å². The van der Waals surface area contributed by atoms with E-state index in [4.69, 9.17) is 4.74 Å². The smallest absolute Gasteiger partial charge is 0.228 e. The Hall–Kier alpha value is -3.42. The number of aromatic amines is 1. The number of fused-ring (bicyclic) bond motifs is 1. The lowest BCUT2D eigenvalue weighted by Gasteiger charge is -2.26. The monoisotopic (exact) mass is 422 g/mol. The molecule has 3 heterocycles. The van der Waals surface area contributed by atoms with Crippen LogP contribution in [0, 0.1) is 11.7 Å². The van der Waals surface area contributed by atoms with E-state index in [2.05, 4.69) is 9.97 Å². The number of anilines is 1. The highest BCUT2D eigenvalue weighted by atomic mass is 19.1. The van der Waals surface area contributed by atoms with Crippen molar-refractivity contribution in [3.63, 3.8) is 0 Å². The van der Waals surface area contributed by atoms with E-state index in [0.717, 1.165) is 12.8 Å². The molecule has 0 aliphatic carbocycles. The number of amides is 2. The molecule has 2 saturated heterocycles. The second-order valence-corrected chi connectivity index (χ2v) is 8.05. The van der Waals surface area contributed by atoms with Gasteiger partial charge >= 0.3 is 0 Å². The van der Waals surface area contributed by atoms with Gasteiger partial charge in [-0.3, -0.25) is 9.59 Å². The van der Waals surface area contributed by atoms with E-state index in [0.29, 0.717) is 41.4 Å². The van der Waals surface area contributed by atoms with Crippen LogP contribution < -0.4 is 9.64 Å². The van der Waals surface area contributed by atoms with Crippen LogP contribution in [0.25, 0.3) is 11.0 Å². The van der Waals surface area contributed by atoms with E-state index in [1.807, 2.05) is 23.1 Å². The van der Waals surface area contributed by atoms with E-state index in [-0.39, 0.29) is 30.1 Å². The molecule has 8 heteroatoms. The molecular formula is C23H23FN4O3. The molecule has 2 atom stereocenters. The third-order valence-corrected chi connectivity index (χ3v) is 6.16. The van der Waals surface area contributed by atoms with Gasteiger partial charge in [0.15, 0.2) is 0 Å². The lowest BCUT2D eigenvalue weighted by atomic mass is 10.1. The average Bonchev–Trinajstić information content (AvgIpc) is 3.50. The summed E-state index contributed by atoms with van der Waals surface area (Å²) in [5.74, 6) is 0.398. The van der Waals surface area contributed by atoms with Gasteiger partial charge in [-0.15, -0.1) is 0 Å². The van der Waals surface area contributed by atoms with Crippen molar-refractivity contribution in [2.24, 2.45) is 5.92 Å². The number of nitrogens with one attached hydrogen (secondary N) is 1. The molecule has 0 radical (unpaired) electrons. The molecule has 2 unspecified atom stereocenters. The second-order valence-electron chi connectivity index (χ2n) is 8.05. The van der Waals surface area contributed by atoms with Crippen LogP contribution in [-0.2, 0) is 9.59 Å². The lowest BCUT2D eigenvalue weighted by Crippen LogP contribution is -2.37. The summed E-state index contributed by atoms with van der Waals surface area (Å²) in [6.07, 6.45) is 1.81. The third-order valence-electron chi connectivity index (χ3n) is 6.16. The van der Waals surface area contributed by atoms with Crippen LogP contribution in [0.2, 0.25) is 0 Å². The Kier molecular flexibility index (Phi) is 4.84. The Morgan fingerprint density at radius 1 is 1.26 bits per heavy atom. The fraction of sp³-hybridized carbons (Fsp3) is 0.348. The Bertz CT molecular complexity index is 1160. The maximum absolute atomic E-state index is 13.5. The molecule has 1 aromatic heterocycles. The van der Waals surface area contributed by atoms with Crippen LogP contribution in [0.5, 0.6) is 5.75 Å². The fourth-order valence-corrected chi connectivity index (χ4v) is 4.67. The number of likely N-dealkylation sites (tertiary alicyclic amines) is 1. The number of hydrogen-bond acceptors (Lipinski definition) is 4. The van der Waals surface area contributed by atoms with Gasteiger partial charge in [0.25, 0.3) is 0 Å². The lowest BCUT2D eigenvalue weighted by molar-refractivity contribution is -0.136. The summed E-state index contributed by atoms with van der Waals surface area (Å²) in [5.41, 5.74) is 1.98. The molecule has 2 amide bonds. The first-order valence-electron chi connectivity index (χ1n) is 10.4. The first-order chi connectivity index (χ1) is 15.0. The SMILES string of the molecule is COc1ccccc1N1CC(C(=O)N2CCCC2c2nc3ccc(F)cc3[nH]2)CC1=O. The summed E-state index contributed by atoms with van der Waals surface area (Å²) in [5, 5.41) is 0. The van der Waals surface area contributed by atoms with Crippen LogP contribution in [0.4, 0.5) is 10.1 Å². The topological polar surface area (TPSA) is 78.5 Å². The van der Waals surface area contributed by atoms with E-state index in [9.17, 15) is 14.0 Å². The summed E-state index contributed by atoms with van der Waals surface area (Å²) in [4.78, 5) is 37.3. The van der Waals surface area contributed by atoms with Gasteiger partial charge in [-0.1, -0.05) is 12.1 Å². The van der Waals surface area contributed by atoms with Crippen LogP contribution in [-0.4, -0.2) is 46.9 Å². The number of nitrogens with zero attached hydrogens (tertiary/aromatic N) is 3. The number of H-pyrrole nitrogens is 1. The third kappa shape index (κ3) is 3.41. The number of aromatic nitrogens is 2. The van der Waals surface area contributed by atoms with Crippen molar-refractivity contribution in [1.82, 2.24) is 14.9 Å². The summed E-state index contributed by atoms with van der Waals surface area (Å²) >= 11 is 0. The minimum Gasteiger partial charge on any atom is -0.495 e. The van der Waals surface area contributed by atoms with Crippen molar-refractivity contribution in [1.29, 1.82) is 0 Å². The average molecular weight is 422 g/mol. The van der Waals surface area contributed by atoms with Crippen molar-refractivity contribution in [2.45, 2.75) is 25.3 Å². The zero-order chi connectivity index (χ0) is 21.5. The van der Waals surface area contributed by atoms with Gasteiger partial charge in [-0.2, -0.15) is 0 Å². The summed E-state index contributed by atoms with van der Waals surface area (Å²) in [6, 6.07) is 11.6. The number of carbonyl (C=O) groups excluding carboxylic acids is 2. The maximum atomic E-state index is 13.5. The summed E-state index contributed by atoms with van der Waals surface area (Å²) in [6.45, 7) is 0.945. The summed E-state index contributed by atoms with van der Waals surface area (Å²) in [7, 11) is 1.57. The van der Waals surface area contributed by atoms with E-state index in [1.165, 1.54) is 12.1 Å². The Balaban J connectivity index is 1.37. The number of para-hydroxylation sites is 2. The molecule has 2 aromatic carbocycles. The number of rotatable bonds is 4. The molecule has 5 rings (SSSR count). The number of carbonyl (C=O) groups is 2. The molecule has 0 bridgehead atoms. The van der Waals surface area contributed by atoms with Gasteiger partial charge in [-0.05, 0) is 43.2 Å². The van der Waals surface area contributed by atoms with Crippen molar-refractivity contribution >= 4 is 28.5 Å². The van der Waals surface area contributed by atoms with Crippen LogP contribution >= 0.6 is 0 Å². The zero-order valence-electron chi connectivity index (χ0n) is 17.2. The van der Waals surface area contributed by atoms with E-state index >= 15 is 0 Å². The molecule has 0 saturated carbocycles. The number of methoxy groups -OCH3 is 1. The Morgan fingerprint density at radius 2 is 2.10 bits per heavy atom. The first-order valence-corrected chi connectivity index (χ1v) is 10.4. The first kappa shape index (κ1) is 19.5. The van der Waals surface area contributed by atoms with Gasteiger partial charge in [0.1, 0.15) is 17.4 Å². The van der Waals surface area contributed by atoms with Gasteiger partial charge in [0.05, 0.1) is 35.8 Å². The van der Waals surface area contributed by atoms with E-state index < -0.39 is 5.92 Å². The number of hydrogen-bond donors (Lipinski definition) is 1. The van der Waals surface area contributed by atoms with E-state index in [1.54, 1.807) is 24.1 Å². The fourth-order valence-electron chi connectivity index (χ4n) is 4.67.